The minimum absolute atomic E-state index is 0.671. The fourth-order valence-corrected chi connectivity index (χ4v) is 5.39. The fraction of sp³-hybridized carbons (Fsp3) is 0.152. The standard InChI is InChI=1S/C33H28N2O/c1-20-15-22(3)31(23(4)16-20)29-19-34-30(17-21(29)2)28-12-8-11-26-27-14-13-25(35-33(27)36-32(26)28)18-24-9-6-5-7-10-24/h5-17,19H,18H2,1-4H3. The Morgan fingerprint density at radius 2 is 1.47 bits per heavy atom. The molecule has 6 rings (SSSR count). The maximum Gasteiger partial charge on any atom is 0.227 e. The highest BCUT2D eigenvalue weighted by Gasteiger charge is 2.16. The summed E-state index contributed by atoms with van der Waals surface area (Å²) in [7, 11) is 0. The number of hydrogen-bond acceptors (Lipinski definition) is 3. The van der Waals surface area contributed by atoms with Gasteiger partial charge in [-0.1, -0.05) is 60.2 Å². The Morgan fingerprint density at radius 3 is 2.22 bits per heavy atom. The number of aromatic nitrogens is 2. The van der Waals surface area contributed by atoms with Gasteiger partial charge >= 0.3 is 0 Å². The van der Waals surface area contributed by atoms with Crippen LogP contribution < -0.4 is 0 Å². The van der Waals surface area contributed by atoms with Crippen molar-refractivity contribution in [3.05, 3.63) is 119 Å². The van der Waals surface area contributed by atoms with Crippen molar-refractivity contribution in [2.45, 2.75) is 34.1 Å². The molecule has 0 amide bonds. The topological polar surface area (TPSA) is 38.9 Å². The van der Waals surface area contributed by atoms with Crippen molar-refractivity contribution in [1.82, 2.24) is 9.97 Å². The highest BCUT2D eigenvalue weighted by molar-refractivity contribution is 6.08. The van der Waals surface area contributed by atoms with Gasteiger partial charge in [0, 0.05) is 40.2 Å². The predicted molar refractivity (Wildman–Crippen MR) is 148 cm³/mol. The number of para-hydroxylation sites is 1. The summed E-state index contributed by atoms with van der Waals surface area (Å²) in [6.45, 7) is 8.66. The second-order valence-electron chi connectivity index (χ2n) is 9.76. The average Bonchev–Trinajstić information content (AvgIpc) is 3.23. The van der Waals surface area contributed by atoms with Crippen molar-refractivity contribution in [2.24, 2.45) is 0 Å². The van der Waals surface area contributed by atoms with Crippen molar-refractivity contribution in [2.75, 3.05) is 0 Å². The van der Waals surface area contributed by atoms with Gasteiger partial charge in [-0.25, -0.2) is 4.98 Å². The minimum Gasteiger partial charge on any atom is -0.437 e. The van der Waals surface area contributed by atoms with E-state index in [1.807, 2.05) is 12.3 Å². The van der Waals surface area contributed by atoms with Crippen LogP contribution in [0.15, 0.2) is 89.5 Å². The molecule has 0 bridgehead atoms. The molecule has 6 aromatic rings. The predicted octanol–water partition coefficient (Wildman–Crippen LogP) is 8.53. The van der Waals surface area contributed by atoms with E-state index in [1.165, 1.54) is 38.9 Å². The first-order valence-corrected chi connectivity index (χ1v) is 12.4. The largest absolute Gasteiger partial charge is 0.437 e. The smallest absolute Gasteiger partial charge is 0.227 e. The zero-order valence-electron chi connectivity index (χ0n) is 21.1. The summed E-state index contributed by atoms with van der Waals surface area (Å²) in [5, 5.41) is 2.10. The molecule has 0 saturated carbocycles. The maximum absolute atomic E-state index is 6.37. The van der Waals surface area contributed by atoms with Crippen molar-refractivity contribution in [3.63, 3.8) is 0 Å². The first-order valence-electron chi connectivity index (χ1n) is 12.4. The summed E-state index contributed by atoms with van der Waals surface area (Å²) >= 11 is 0. The first-order chi connectivity index (χ1) is 17.5. The van der Waals surface area contributed by atoms with Crippen LogP contribution in [0.5, 0.6) is 0 Å². The van der Waals surface area contributed by atoms with E-state index < -0.39 is 0 Å². The Morgan fingerprint density at radius 1 is 0.694 bits per heavy atom. The number of benzene rings is 3. The summed E-state index contributed by atoms with van der Waals surface area (Å²) in [5.74, 6) is 0. The number of aryl methyl sites for hydroxylation is 4. The Hall–Kier alpha value is -4.24. The maximum atomic E-state index is 6.37. The fourth-order valence-electron chi connectivity index (χ4n) is 5.39. The van der Waals surface area contributed by atoms with Crippen LogP contribution in [0.2, 0.25) is 0 Å². The molecule has 0 aliphatic rings. The van der Waals surface area contributed by atoms with Crippen molar-refractivity contribution < 1.29 is 4.42 Å². The quantitative estimate of drug-likeness (QED) is 0.260. The van der Waals surface area contributed by atoms with Crippen LogP contribution in [0.25, 0.3) is 44.5 Å². The monoisotopic (exact) mass is 468 g/mol. The minimum atomic E-state index is 0.671. The molecule has 176 valence electrons. The summed E-state index contributed by atoms with van der Waals surface area (Å²) in [6.07, 6.45) is 2.79. The van der Waals surface area contributed by atoms with E-state index in [0.29, 0.717) is 5.71 Å². The lowest BCUT2D eigenvalue weighted by molar-refractivity contribution is 0.652. The van der Waals surface area contributed by atoms with Crippen LogP contribution >= 0.6 is 0 Å². The third kappa shape index (κ3) is 3.87. The van der Waals surface area contributed by atoms with Crippen LogP contribution in [0.4, 0.5) is 0 Å². The van der Waals surface area contributed by atoms with E-state index in [2.05, 4.69) is 100 Å². The molecule has 0 saturated heterocycles. The number of hydrogen-bond donors (Lipinski definition) is 0. The number of pyridine rings is 2. The highest BCUT2D eigenvalue weighted by atomic mass is 16.3. The van der Waals surface area contributed by atoms with Gasteiger partial charge in [0.25, 0.3) is 0 Å². The van der Waals surface area contributed by atoms with Gasteiger partial charge in [0.15, 0.2) is 0 Å². The van der Waals surface area contributed by atoms with Crippen molar-refractivity contribution in [3.8, 4) is 22.4 Å². The van der Waals surface area contributed by atoms with Gasteiger partial charge in [0.2, 0.25) is 5.71 Å². The number of furan rings is 1. The second kappa shape index (κ2) is 8.76. The molecule has 3 nitrogen and oxygen atoms in total. The average molecular weight is 469 g/mol. The highest BCUT2D eigenvalue weighted by Crippen LogP contribution is 2.37. The summed E-state index contributed by atoms with van der Waals surface area (Å²) in [4.78, 5) is 9.76. The molecule has 0 atom stereocenters. The zero-order valence-corrected chi connectivity index (χ0v) is 21.1. The van der Waals surface area contributed by atoms with E-state index in [4.69, 9.17) is 14.4 Å². The summed E-state index contributed by atoms with van der Waals surface area (Å²) in [5.41, 5.74) is 13.1. The number of rotatable bonds is 4. The molecule has 0 radical (unpaired) electrons. The third-order valence-electron chi connectivity index (χ3n) is 6.98. The molecule has 0 fully saturated rings. The summed E-state index contributed by atoms with van der Waals surface area (Å²) in [6, 6.07) is 27.5. The molecule has 3 aromatic carbocycles. The SMILES string of the molecule is Cc1cc(C)c(-c2cnc(-c3cccc4c3oc3nc(Cc5ccccc5)ccc34)cc2C)c(C)c1. The van der Waals surface area contributed by atoms with Gasteiger partial charge in [-0.2, -0.15) is 0 Å². The van der Waals surface area contributed by atoms with E-state index >= 15 is 0 Å². The number of fused-ring (bicyclic) bond motifs is 3. The number of nitrogens with zero attached hydrogens (tertiary/aromatic N) is 2. The van der Waals surface area contributed by atoms with Crippen LogP contribution in [-0.2, 0) is 6.42 Å². The Kier molecular flexibility index (Phi) is 5.41. The zero-order chi connectivity index (χ0) is 24.8. The molecular formula is C33H28N2O. The normalized spacial score (nSPS) is 11.4. The van der Waals surface area contributed by atoms with Crippen LogP contribution in [-0.4, -0.2) is 9.97 Å². The van der Waals surface area contributed by atoms with Gasteiger partial charge < -0.3 is 4.42 Å². The van der Waals surface area contributed by atoms with Crippen LogP contribution in [0.1, 0.15) is 33.5 Å². The Bertz CT molecular complexity index is 1720. The molecule has 3 heterocycles. The Labute approximate surface area is 211 Å². The van der Waals surface area contributed by atoms with Crippen LogP contribution in [0, 0.1) is 27.7 Å². The lowest BCUT2D eigenvalue weighted by atomic mass is 9.92. The van der Waals surface area contributed by atoms with Gasteiger partial charge in [-0.05, 0) is 79.8 Å². The lowest BCUT2D eigenvalue weighted by Crippen LogP contribution is -1.95. The van der Waals surface area contributed by atoms with Gasteiger partial charge in [-0.15, -0.1) is 0 Å². The Balaban J connectivity index is 1.43. The third-order valence-corrected chi connectivity index (χ3v) is 6.98. The molecule has 0 spiro atoms. The van der Waals surface area contributed by atoms with Gasteiger partial charge in [-0.3, -0.25) is 4.98 Å². The van der Waals surface area contributed by atoms with E-state index in [1.54, 1.807) is 0 Å². The molecule has 0 N–H and O–H groups in total. The van der Waals surface area contributed by atoms with Gasteiger partial charge in [0.1, 0.15) is 5.58 Å². The lowest BCUT2D eigenvalue weighted by Gasteiger charge is -2.14. The van der Waals surface area contributed by atoms with E-state index in [-0.39, 0.29) is 0 Å². The van der Waals surface area contributed by atoms with E-state index in [0.717, 1.165) is 39.7 Å². The molecule has 3 heteroatoms. The van der Waals surface area contributed by atoms with Crippen molar-refractivity contribution >= 4 is 22.1 Å². The second-order valence-corrected chi connectivity index (χ2v) is 9.76. The molecule has 0 aliphatic carbocycles. The van der Waals surface area contributed by atoms with E-state index in [9.17, 15) is 0 Å². The first kappa shape index (κ1) is 22.2. The summed E-state index contributed by atoms with van der Waals surface area (Å²) < 4.78 is 6.37. The molecule has 3 aromatic heterocycles. The molecular weight excluding hydrogens is 440 g/mol. The van der Waals surface area contributed by atoms with Crippen LogP contribution in [0.3, 0.4) is 0 Å². The van der Waals surface area contributed by atoms with Crippen molar-refractivity contribution in [1.29, 1.82) is 0 Å². The molecule has 0 aliphatic heterocycles. The van der Waals surface area contributed by atoms with Gasteiger partial charge in [0.05, 0.1) is 5.69 Å². The molecule has 0 unspecified atom stereocenters. The molecule has 36 heavy (non-hydrogen) atoms.